The van der Waals surface area contributed by atoms with E-state index in [1.54, 1.807) is 7.11 Å². The number of hydrogen-bond donors (Lipinski definition) is 0. The number of rotatable bonds is 6. The molecule has 0 fully saturated rings. The van der Waals surface area contributed by atoms with Crippen molar-refractivity contribution >= 4 is 5.78 Å². The van der Waals surface area contributed by atoms with Gasteiger partial charge in [0.05, 0.1) is 5.92 Å². The Morgan fingerprint density at radius 1 is 1.47 bits per heavy atom. The summed E-state index contributed by atoms with van der Waals surface area (Å²) < 4.78 is 10.5. The maximum atomic E-state index is 11.4. The summed E-state index contributed by atoms with van der Waals surface area (Å²) in [6, 6.07) is 0. The van der Waals surface area contributed by atoms with Crippen LogP contribution in [0.4, 0.5) is 0 Å². The number of carbonyl (C=O) groups is 1. The van der Waals surface area contributed by atoms with E-state index in [4.69, 9.17) is 9.26 Å². The van der Waals surface area contributed by atoms with Gasteiger partial charge in [-0.05, 0) is 19.3 Å². The molecule has 1 aromatic rings. The number of hydrogen-bond acceptors (Lipinski definition) is 5. The highest BCUT2D eigenvalue weighted by molar-refractivity contribution is 5.82. The van der Waals surface area contributed by atoms with Crippen molar-refractivity contribution in [2.24, 2.45) is 5.92 Å². The molecule has 96 valence electrons. The van der Waals surface area contributed by atoms with Crippen LogP contribution in [-0.4, -0.2) is 23.0 Å². The van der Waals surface area contributed by atoms with Crippen LogP contribution < -0.4 is 0 Å². The molecule has 1 rings (SSSR count). The van der Waals surface area contributed by atoms with Crippen molar-refractivity contribution in [3.63, 3.8) is 0 Å². The highest BCUT2D eigenvalue weighted by atomic mass is 16.5. The van der Waals surface area contributed by atoms with Crippen LogP contribution in [0.25, 0.3) is 0 Å². The van der Waals surface area contributed by atoms with E-state index in [1.807, 2.05) is 20.8 Å². The van der Waals surface area contributed by atoms with E-state index in [0.717, 1.165) is 0 Å². The fraction of sp³-hybridized carbons (Fsp3) is 0.750. The molecule has 1 heterocycles. The summed E-state index contributed by atoms with van der Waals surface area (Å²) >= 11 is 0. The minimum atomic E-state index is -0.305. The van der Waals surface area contributed by atoms with Gasteiger partial charge in [0.1, 0.15) is 11.9 Å². The lowest BCUT2D eigenvalue weighted by Gasteiger charge is -2.14. The van der Waals surface area contributed by atoms with Gasteiger partial charge in [-0.25, -0.2) is 0 Å². The normalized spacial score (nSPS) is 14.9. The Morgan fingerprint density at radius 2 is 2.12 bits per heavy atom. The first-order valence-electron chi connectivity index (χ1n) is 5.88. The minimum Gasteiger partial charge on any atom is -0.373 e. The zero-order chi connectivity index (χ0) is 13.0. The van der Waals surface area contributed by atoms with Crippen LogP contribution in [0.3, 0.4) is 0 Å². The van der Waals surface area contributed by atoms with Crippen molar-refractivity contribution < 1.29 is 14.1 Å². The average Bonchev–Trinajstić information content (AvgIpc) is 2.68. The van der Waals surface area contributed by atoms with E-state index in [-0.39, 0.29) is 23.7 Å². The number of nitrogens with zero attached hydrogens (tertiary/aromatic N) is 2. The van der Waals surface area contributed by atoms with Gasteiger partial charge in [-0.1, -0.05) is 25.9 Å². The quantitative estimate of drug-likeness (QED) is 0.764. The van der Waals surface area contributed by atoms with Gasteiger partial charge in [-0.2, -0.15) is 4.98 Å². The fourth-order valence-electron chi connectivity index (χ4n) is 1.82. The second kappa shape index (κ2) is 5.91. The molecule has 5 nitrogen and oxygen atoms in total. The first-order chi connectivity index (χ1) is 8.01. The third-order valence-electron chi connectivity index (χ3n) is 2.77. The number of aromatic nitrogens is 2. The van der Waals surface area contributed by atoms with Crippen LogP contribution in [0.5, 0.6) is 0 Å². The fourth-order valence-corrected chi connectivity index (χ4v) is 1.82. The number of methoxy groups -OCH3 is 1. The van der Waals surface area contributed by atoms with Crippen molar-refractivity contribution in [2.75, 3.05) is 7.11 Å². The van der Waals surface area contributed by atoms with Crippen molar-refractivity contribution in [2.45, 2.75) is 46.1 Å². The van der Waals surface area contributed by atoms with E-state index >= 15 is 0 Å². The van der Waals surface area contributed by atoms with E-state index in [2.05, 4.69) is 10.1 Å². The van der Waals surface area contributed by atoms with Crippen LogP contribution >= 0.6 is 0 Å². The molecule has 0 radical (unpaired) electrons. The van der Waals surface area contributed by atoms with E-state index < -0.39 is 0 Å². The topological polar surface area (TPSA) is 65.2 Å². The Labute approximate surface area is 102 Å². The maximum absolute atomic E-state index is 11.4. The Bertz CT molecular complexity index is 374. The molecular weight excluding hydrogens is 220 g/mol. The van der Waals surface area contributed by atoms with Crippen LogP contribution in [0.2, 0.25) is 0 Å². The molecule has 17 heavy (non-hydrogen) atoms. The lowest BCUT2D eigenvalue weighted by atomic mass is 10.0. The molecule has 0 bridgehead atoms. The lowest BCUT2D eigenvalue weighted by molar-refractivity contribution is -0.119. The molecule has 0 saturated carbocycles. The molecule has 0 aromatic carbocycles. The van der Waals surface area contributed by atoms with Crippen molar-refractivity contribution in [1.29, 1.82) is 0 Å². The van der Waals surface area contributed by atoms with Gasteiger partial charge >= 0.3 is 0 Å². The smallest absolute Gasteiger partial charge is 0.237 e. The third kappa shape index (κ3) is 3.12. The summed E-state index contributed by atoms with van der Waals surface area (Å²) in [5, 5.41) is 3.90. The zero-order valence-corrected chi connectivity index (χ0v) is 11.1. The molecule has 0 aliphatic carbocycles. The largest absolute Gasteiger partial charge is 0.373 e. The second-order valence-electron chi connectivity index (χ2n) is 4.46. The monoisotopic (exact) mass is 240 g/mol. The van der Waals surface area contributed by atoms with Gasteiger partial charge in [0.25, 0.3) is 0 Å². The number of ketones is 1. The highest BCUT2D eigenvalue weighted by Crippen LogP contribution is 2.25. The molecule has 0 N–H and O–H groups in total. The average molecular weight is 240 g/mol. The number of Topliss-reactive ketones (excluding diaryl/α,β-unsaturated/α-hetero) is 1. The molecule has 0 saturated heterocycles. The second-order valence-corrected chi connectivity index (χ2v) is 4.46. The minimum absolute atomic E-state index is 0.0428. The molecule has 5 heteroatoms. The molecule has 2 unspecified atom stereocenters. The predicted molar refractivity (Wildman–Crippen MR) is 62.6 cm³/mol. The van der Waals surface area contributed by atoms with E-state index in [9.17, 15) is 4.79 Å². The first-order valence-corrected chi connectivity index (χ1v) is 5.88. The summed E-state index contributed by atoms with van der Waals surface area (Å²) in [6.07, 6.45) is 0.466. The van der Waals surface area contributed by atoms with E-state index in [0.29, 0.717) is 18.1 Å². The first kappa shape index (κ1) is 13.8. The number of carbonyl (C=O) groups excluding carboxylic acids is 1. The molecular formula is C12H20N2O3. The molecule has 1 aromatic heterocycles. The van der Waals surface area contributed by atoms with E-state index in [1.165, 1.54) is 6.92 Å². The Hall–Kier alpha value is -1.23. The summed E-state index contributed by atoms with van der Waals surface area (Å²) in [7, 11) is 1.61. The van der Waals surface area contributed by atoms with Crippen LogP contribution in [-0.2, 0) is 9.53 Å². The van der Waals surface area contributed by atoms with Gasteiger partial charge in [0, 0.05) is 7.11 Å². The summed E-state index contributed by atoms with van der Waals surface area (Å²) in [5.41, 5.74) is 0. The highest BCUT2D eigenvalue weighted by Gasteiger charge is 2.26. The van der Waals surface area contributed by atoms with Gasteiger partial charge in [-0.15, -0.1) is 0 Å². The van der Waals surface area contributed by atoms with Gasteiger partial charge < -0.3 is 9.26 Å². The SMILES string of the molecule is CCC(C(C)=O)c1nc(C(OC)C(C)C)no1. The van der Waals surface area contributed by atoms with Crippen molar-refractivity contribution in [3.8, 4) is 0 Å². The Balaban J connectivity index is 2.93. The summed E-state index contributed by atoms with van der Waals surface area (Å²) in [6.45, 7) is 7.50. The molecule has 0 amide bonds. The maximum Gasteiger partial charge on any atom is 0.237 e. The zero-order valence-electron chi connectivity index (χ0n) is 11.1. The third-order valence-corrected chi connectivity index (χ3v) is 2.77. The van der Waals surface area contributed by atoms with Crippen molar-refractivity contribution in [1.82, 2.24) is 10.1 Å². The number of ether oxygens (including phenoxy) is 1. The van der Waals surface area contributed by atoms with Gasteiger partial charge in [0.15, 0.2) is 0 Å². The van der Waals surface area contributed by atoms with Crippen molar-refractivity contribution in [3.05, 3.63) is 11.7 Å². The van der Waals surface area contributed by atoms with Crippen LogP contribution in [0.1, 0.15) is 57.9 Å². The predicted octanol–water partition coefficient (Wildman–Crippen LogP) is 2.50. The van der Waals surface area contributed by atoms with Crippen LogP contribution in [0.15, 0.2) is 4.52 Å². The van der Waals surface area contributed by atoms with Gasteiger partial charge in [-0.3, -0.25) is 4.79 Å². The summed E-state index contributed by atoms with van der Waals surface area (Å²) in [5.74, 6) is 0.889. The van der Waals surface area contributed by atoms with Gasteiger partial charge in [0.2, 0.25) is 11.7 Å². The Morgan fingerprint density at radius 3 is 2.53 bits per heavy atom. The Kier molecular flexibility index (Phi) is 4.81. The molecule has 0 aliphatic rings. The summed E-state index contributed by atoms with van der Waals surface area (Å²) in [4.78, 5) is 15.7. The van der Waals surface area contributed by atoms with Crippen LogP contribution in [0, 0.1) is 5.92 Å². The molecule has 2 atom stereocenters. The lowest BCUT2D eigenvalue weighted by Crippen LogP contribution is -2.12. The standard InChI is InChI=1S/C12H20N2O3/c1-6-9(8(4)15)12-13-11(14-17-12)10(16-5)7(2)3/h7,9-10H,6H2,1-5H3. The molecule has 0 aliphatic heterocycles. The molecule has 0 spiro atoms.